The van der Waals surface area contributed by atoms with Crippen LogP contribution in [0.15, 0.2) is 0 Å². The summed E-state index contributed by atoms with van der Waals surface area (Å²) in [5, 5.41) is 1.80. The van der Waals surface area contributed by atoms with Gasteiger partial charge in [-0.1, -0.05) is 0 Å². The summed E-state index contributed by atoms with van der Waals surface area (Å²) < 4.78 is 65.9. The number of rotatable bonds is 9. The van der Waals surface area contributed by atoms with Crippen LogP contribution in [0.4, 0.5) is 13.2 Å². The Bertz CT molecular complexity index is 435. The molecule has 2 N–H and O–H groups in total. The van der Waals surface area contributed by atoms with E-state index in [0.717, 1.165) is 0 Å². The zero-order chi connectivity index (χ0) is 16.7. The second-order valence-electron chi connectivity index (χ2n) is 5.48. The molecule has 126 valence electrons. The van der Waals surface area contributed by atoms with Crippen molar-refractivity contribution in [3.63, 3.8) is 0 Å². The predicted molar refractivity (Wildman–Crippen MR) is 71.2 cm³/mol. The van der Waals surface area contributed by atoms with Crippen LogP contribution in [0.5, 0.6) is 0 Å². The SMILES string of the molecule is C[N+](C)(CCCCS(=O)(=O)O)CCCNC(=O)C(F)(F)F. The van der Waals surface area contributed by atoms with Crippen molar-refractivity contribution in [1.29, 1.82) is 0 Å². The van der Waals surface area contributed by atoms with E-state index in [9.17, 15) is 26.4 Å². The molecule has 0 heterocycles. The molecule has 0 aromatic heterocycles. The maximum Gasteiger partial charge on any atom is 0.471 e. The van der Waals surface area contributed by atoms with Gasteiger partial charge < -0.3 is 9.80 Å². The number of hydrogen-bond acceptors (Lipinski definition) is 3. The fourth-order valence-electron chi connectivity index (χ4n) is 1.75. The Morgan fingerprint density at radius 1 is 1.14 bits per heavy atom. The largest absolute Gasteiger partial charge is 0.471 e. The molecule has 10 heteroatoms. The molecule has 0 aliphatic heterocycles. The summed E-state index contributed by atoms with van der Waals surface area (Å²) in [6.45, 7) is 1.11. The maximum absolute atomic E-state index is 11.9. The molecule has 0 unspecified atom stereocenters. The third-order valence-electron chi connectivity index (χ3n) is 2.90. The lowest BCUT2D eigenvalue weighted by Gasteiger charge is -2.29. The normalized spacial score (nSPS) is 13.2. The van der Waals surface area contributed by atoms with Gasteiger partial charge in [0.2, 0.25) is 0 Å². The third kappa shape index (κ3) is 11.5. The van der Waals surface area contributed by atoms with Crippen molar-refractivity contribution >= 4 is 16.0 Å². The van der Waals surface area contributed by atoms with Crippen molar-refractivity contribution in [2.75, 3.05) is 39.5 Å². The Morgan fingerprint density at radius 3 is 2.14 bits per heavy atom. The van der Waals surface area contributed by atoms with Gasteiger partial charge in [-0.15, -0.1) is 0 Å². The number of carbonyl (C=O) groups is 1. The number of unbranched alkanes of at least 4 members (excludes halogenated alkanes) is 1. The molecule has 1 amide bonds. The van der Waals surface area contributed by atoms with Crippen molar-refractivity contribution in [2.24, 2.45) is 0 Å². The smallest absolute Gasteiger partial charge is 0.348 e. The average molecular weight is 335 g/mol. The van der Waals surface area contributed by atoms with Gasteiger partial charge in [0.15, 0.2) is 0 Å². The summed E-state index contributed by atoms with van der Waals surface area (Å²) in [5.74, 6) is -2.24. The zero-order valence-corrected chi connectivity index (χ0v) is 12.9. The summed E-state index contributed by atoms with van der Waals surface area (Å²) >= 11 is 0. The standard InChI is InChI=1S/C11H21F3N2O4S/c1-16(2,7-3-4-9-21(18,19)20)8-5-6-15-10(17)11(12,13)14/h3-9H2,1-2H3,(H-,15,17,18,19,20)/p+1. The molecular weight excluding hydrogens is 313 g/mol. The van der Waals surface area contributed by atoms with Crippen molar-refractivity contribution in [3.8, 4) is 0 Å². The minimum absolute atomic E-state index is 0.0644. The monoisotopic (exact) mass is 335 g/mol. The Balaban J connectivity index is 3.85. The summed E-state index contributed by atoms with van der Waals surface area (Å²) in [6, 6.07) is 0. The van der Waals surface area contributed by atoms with Gasteiger partial charge in [-0.2, -0.15) is 21.6 Å². The summed E-state index contributed by atoms with van der Waals surface area (Å²) in [4.78, 5) is 10.6. The van der Waals surface area contributed by atoms with E-state index in [1.807, 2.05) is 14.1 Å². The lowest BCUT2D eigenvalue weighted by atomic mass is 10.2. The molecule has 0 atom stereocenters. The quantitative estimate of drug-likeness (QED) is 0.371. The highest BCUT2D eigenvalue weighted by molar-refractivity contribution is 7.85. The highest BCUT2D eigenvalue weighted by atomic mass is 32.2. The highest BCUT2D eigenvalue weighted by Crippen LogP contribution is 2.14. The number of nitrogens with zero attached hydrogens (tertiary/aromatic N) is 1. The van der Waals surface area contributed by atoms with Crippen LogP contribution in [-0.4, -0.2) is 69.0 Å². The summed E-state index contributed by atoms with van der Waals surface area (Å²) in [7, 11) is -0.227. The predicted octanol–water partition coefficient (Wildman–Crippen LogP) is 0.799. The first-order valence-electron chi connectivity index (χ1n) is 6.46. The molecule has 0 saturated carbocycles. The van der Waals surface area contributed by atoms with Gasteiger partial charge in [0.25, 0.3) is 10.1 Å². The minimum Gasteiger partial charge on any atom is -0.348 e. The first-order valence-corrected chi connectivity index (χ1v) is 8.07. The van der Waals surface area contributed by atoms with Crippen LogP contribution in [0.25, 0.3) is 0 Å². The van der Waals surface area contributed by atoms with Gasteiger partial charge in [0.05, 0.1) is 32.9 Å². The zero-order valence-electron chi connectivity index (χ0n) is 12.1. The Labute approximate surface area is 122 Å². The maximum atomic E-state index is 11.9. The van der Waals surface area contributed by atoms with Crippen LogP contribution in [-0.2, 0) is 14.9 Å². The Morgan fingerprint density at radius 2 is 1.67 bits per heavy atom. The van der Waals surface area contributed by atoms with E-state index in [4.69, 9.17) is 4.55 Å². The van der Waals surface area contributed by atoms with Gasteiger partial charge in [0.1, 0.15) is 0 Å². The van der Waals surface area contributed by atoms with Gasteiger partial charge in [-0.3, -0.25) is 9.35 Å². The number of hydrogen-bond donors (Lipinski definition) is 2. The first-order chi connectivity index (χ1) is 9.33. The molecule has 0 aliphatic rings. The van der Waals surface area contributed by atoms with E-state index in [2.05, 4.69) is 0 Å². The van der Waals surface area contributed by atoms with Gasteiger partial charge >= 0.3 is 12.1 Å². The summed E-state index contributed by atoms with van der Waals surface area (Å²) in [5.41, 5.74) is 0. The fourth-order valence-corrected chi connectivity index (χ4v) is 2.31. The molecule has 0 fully saturated rings. The minimum atomic E-state index is -4.86. The molecular formula is C11H22F3N2O4S+. The van der Waals surface area contributed by atoms with Crippen LogP contribution in [0.2, 0.25) is 0 Å². The van der Waals surface area contributed by atoms with Gasteiger partial charge in [-0.25, -0.2) is 0 Å². The van der Waals surface area contributed by atoms with Crippen LogP contribution in [0.3, 0.4) is 0 Å². The number of quaternary nitrogens is 1. The van der Waals surface area contributed by atoms with Crippen LogP contribution >= 0.6 is 0 Å². The molecule has 0 aromatic rings. The number of halogens is 3. The van der Waals surface area contributed by atoms with E-state index < -0.39 is 22.2 Å². The van der Waals surface area contributed by atoms with E-state index in [0.29, 0.717) is 36.8 Å². The molecule has 0 bridgehead atoms. The van der Waals surface area contributed by atoms with Crippen molar-refractivity contribution in [2.45, 2.75) is 25.4 Å². The van der Waals surface area contributed by atoms with E-state index in [1.54, 1.807) is 5.32 Å². The second-order valence-corrected chi connectivity index (χ2v) is 7.06. The fraction of sp³-hybridized carbons (Fsp3) is 0.909. The summed E-state index contributed by atoms with van der Waals surface area (Å²) in [6.07, 6.45) is -3.58. The molecule has 0 rings (SSSR count). The van der Waals surface area contributed by atoms with E-state index in [1.165, 1.54) is 0 Å². The molecule has 0 radical (unpaired) electrons. The Hall–Kier alpha value is -0.870. The van der Waals surface area contributed by atoms with Gasteiger partial charge in [-0.05, 0) is 12.8 Å². The number of nitrogens with one attached hydrogen (secondary N) is 1. The molecule has 21 heavy (non-hydrogen) atoms. The van der Waals surface area contributed by atoms with Crippen molar-refractivity contribution < 1.29 is 35.4 Å². The van der Waals surface area contributed by atoms with Crippen LogP contribution < -0.4 is 5.32 Å². The van der Waals surface area contributed by atoms with E-state index >= 15 is 0 Å². The molecule has 0 saturated heterocycles. The topological polar surface area (TPSA) is 83.5 Å². The molecule has 0 aliphatic carbocycles. The second kappa shape index (κ2) is 7.95. The average Bonchev–Trinajstić information content (AvgIpc) is 2.27. The number of amides is 1. The first kappa shape index (κ1) is 20.1. The lowest BCUT2D eigenvalue weighted by Crippen LogP contribution is -2.43. The molecule has 6 nitrogen and oxygen atoms in total. The third-order valence-corrected chi connectivity index (χ3v) is 3.70. The Kier molecular flexibility index (Phi) is 7.62. The van der Waals surface area contributed by atoms with Crippen molar-refractivity contribution in [3.05, 3.63) is 0 Å². The van der Waals surface area contributed by atoms with Gasteiger partial charge in [0, 0.05) is 13.0 Å². The van der Waals surface area contributed by atoms with E-state index in [-0.39, 0.29) is 12.3 Å². The lowest BCUT2D eigenvalue weighted by molar-refractivity contribution is -0.890. The van der Waals surface area contributed by atoms with Crippen molar-refractivity contribution in [1.82, 2.24) is 5.32 Å². The highest BCUT2D eigenvalue weighted by Gasteiger charge is 2.38. The van der Waals surface area contributed by atoms with Crippen LogP contribution in [0.1, 0.15) is 19.3 Å². The molecule has 0 spiro atoms. The number of carbonyl (C=O) groups excluding carboxylic acids is 1. The van der Waals surface area contributed by atoms with Crippen LogP contribution in [0, 0.1) is 0 Å². The number of alkyl halides is 3. The molecule has 0 aromatic carbocycles.